The van der Waals surface area contributed by atoms with Crippen LogP contribution in [0, 0.1) is 17.2 Å². The summed E-state index contributed by atoms with van der Waals surface area (Å²) >= 11 is 12.8. The Morgan fingerprint density at radius 2 is 1.61 bits per heavy atom. The number of rotatable bonds is 9. The number of imidazole rings is 1. The quantitative estimate of drug-likeness (QED) is 0.117. The third-order valence-electron chi connectivity index (χ3n) is 16.5. The molecule has 17 heteroatoms. The molecule has 1 unspecified atom stereocenters. The Bertz CT molecular complexity index is 2700. The Morgan fingerprint density at radius 3 is 2.34 bits per heavy atom. The van der Waals surface area contributed by atoms with E-state index in [-0.39, 0.29) is 52.0 Å². The summed E-state index contributed by atoms with van der Waals surface area (Å²) in [7, 11) is 1.72. The van der Waals surface area contributed by atoms with Gasteiger partial charge in [0, 0.05) is 87.1 Å². The number of carbonyl (C=O) groups is 4. The number of amides is 4. The molecule has 2 saturated carbocycles. The Morgan fingerprint density at radius 1 is 0.881 bits per heavy atom. The van der Waals surface area contributed by atoms with Crippen LogP contribution in [0.25, 0.3) is 11.0 Å². The first-order valence-corrected chi connectivity index (χ1v) is 24.8. The molecule has 67 heavy (non-hydrogen) atoms. The molecule has 6 heterocycles. The number of hydrogen-bond donors (Lipinski definition) is 4. The average molecular weight is 957 g/mol. The highest BCUT2D eigenvalue weighted by Crippen LogP contribution is 2.64. The van der Waals surface area contributed by atoms with Gasteiger partial charge in [0.2, 0.25) is 23.6 Å². The highest BCUT2D eigenvalue weighted by Gasteiger charge is 2.73. The molecule has 5 fully saturated rings. The third kappa shape index (κ3) is 8.09. The zero-order chi connectivity index (χ0) is 47.0. The van der Waals surface area contributed by atoms with Gasteiger partial charge in [-0.25, -0.2) is 14.2 Å². The van der Waals surface area contributed by atoms with Crippen LogP contribution in [0.1, 0.15) is 107 Å². The molecule has 2 aromatic carbocycles. The lowest BCUT2D eigenvalue weighted by Crippen LogP contribution is -2.61. The van der Waals surface area contributed by atoms with Gasteiger partial charge in [0.25, 0.3) is 0 Å². The lowest BCUT2D eigenvalue weighted by Gasteiger charge is -2.50. The van der Waals surface area contributed by atoms with E-state index in [1.54, 1.807) is 29.8 Å². The van der Waals surface area contributed by atoms with Crippen molar-refractivity contribution in [1.29, 1.82) is 0 Å². The molecule has 2 aromatic heterocycles. The van der Waals surface area contributed by atoms with Gasteiger partial charge >= 0.3 is 5.69 Å². The maximum atomic E-state index is 16.4. The van der Waals surface area contributed by atoms with Crippen molar-refractivity contribution in [2.45, 2.75) is 119 Å². The molecule has 0 bridgehead atoms. The molecule has 4 N–H and O–H groups in total. The summed E-state index contributed by atoms with van der Waals surface area (Å²) in [5, 5.41) is 12.8. The fourth-order valence-corrected chi connectivity index (χ4v) is 13.1. The predicted molar refractivity (Wildman–Crippen MR) is 255 cm³/mol. The van der Waals surface area contributed by atoms with E-state index >= 15 is 4.39 Å². The van der Waals surface area contributed by atoms with E-state index in [1.165, 1.54) is 10.8 Å². The monoisotopic (exact) mass is 955 g/mol. The molecule has 4 aromatic rings. The number of nitrogens with zero attached hydrogens (tertiary/aromatic N) is 5. The van der Waals surface area contributed by atoms with Crippen LogP contribution in [-0.4, -0.2) is 104 Å². The van der Waals surface area contributed by atoms with E-state index in [0.717, 1.165) is 101 Å². The summed E-state index contributed by atoms with van der Waals surface area (Å²) in [6, 6.07) is 11.3. The number of imide groups is 1. The Balaban J connectivity index is 0.767. The van der Waals surface area contributed by atoms with Gasteiger partial charge in [-0.1, -0.05) is 49.2 Å². The fourth-order valence-electron chi connectivity index (χ4n) is 12.7. The van der Waals surface area contributed by atoms with E-state index < -0.39 is 40.7 Å². The molecule has 4 aliphatic heterocycles. The van der Waals surface area contributed by atoms with Crippen LogP contribution in [0.15, 0.2) is 53.5 Å². The summed E-state index contributed by atoms with van der Waals surface area (Å²) in [6.07, 6.45) is 9.34. The number of piperidine rings is 1. The number of pyridine rings is 1. The second-order valence-electron chi connectivity index (χ2n) is 20.9. The Kier molecular flexibility index (Phi) is 12.2. The molecular formula is C50H60Cl2FN9O5. The fraction of sp³-hybridized carbons (Fsp3) is 0.560. The summed E-state index contributed by atoms with van der Waals surface area (Å²) in [5.41, 5.74) is 1.71. The molecule has 4 amide bonds. The zero-order valence-corrected chi connectivity index (χ0v) is 39.9. The second kappa shape index (κ2) is 17.7. The van der Waals surface area contributed by atoms with Crippen LogP contribution < -0.4 is 27.0 Å². The molecule has 3 saturated heterocycles. The third-order valence-corrected chi connectivity index (χ3v) is 17.0. The summed E-state index contributed by atoms with van der Waals surface area (Å²) in [4.78, 5) is 76.3. The summed E-state index contributed by atoms with van der Waals surface area (Å²) < 4.78 is 19.5. The van der Waals surface area contributed by atoms with Crippen LogP contribution in [0.2, 0.25) is 10.2 Å². The van der Waals surface area contributed by atoms with Crippen LogP contribution >= 0.6 is 23.2 Å². The molecular weight excluding hydrogens is 897 g/mol. The standard InChI is InChI=1S/C50H60Cl2FN9O5/c1-48(2)16-18-49(19-17-48)50(34-10-7-31(51)27-35(34)56-46(50)66)40(33-14-20-54-43(52)41(33)53)42(58-49)45(65)55-32-8-4-30(5-9-32)28-61-24-22-60(23-25-61)21-15-29-6-11-36-38(26-29)59(3)47(67)62(36)37-12-13-39(63)57-44(37)64/h6-7,10-11,14,20,26-27,30,32,37,40,42,58H,4-5,8-9,12-13,15-19,21-25,28H2,1-3H3,(H,55,65)(H,56,66)(H,57,63,64)/t30-,32-,37?,40-,42+,50+/m0/s1. The van der Waals surface area contributed by atoms with Gasteiger partial charge in [-0.2, -0.15) is 0 Å². The van der Waals surface area contributed by atoms with E-state index in [0.29, 0.717) is 41.4 Å². The Hall–Kier alpha value is -4.67. The van der Waals surface area contributed by atoms with E-state index in [9.17, 15) is 24.0 Å². The molecule has 356 valence electrons. The number of fused-ring (bicyclic) bond motifs is 4. The highest BCUT2D eigenvalue weighted by molar-refractivity contribution is 6.31. The van der Waals surface area contributed by atoms with Gasteiger partial charge in [0.15, 0.2) is 11.0 Å². The van der Waals surface area contributed by atoms with Crippen molar-refractivity contribution in [2.24, 2.45) is 18.4 Å². The molecule has 4 atom stereocenters. The van der Waals surface area contributed by atoms with Gasteiger partial charge in [-0.15, -0.1) is 0 Å². The predicted octanol–water partition coefficient (Wildman–Crippen LogP) is 5.98. The van der Waals surface area contributed by atoms with Crippen molar-refractivity contribution in [3.05, 3.63) is 91.8 Å². The number of halogens is 3. The van der Waals surface area contributed by atoms with Gasteiger partial charge in [0.1, 0.15) is 11.5 Å². The first-order chi connectivity index (χ1) is 32.1. The first kappa shape index (κ1) is 46.1. The SMILES string of the molecule is Cn1c(=O)n(C2CCC(=O)NC2=O)c2ccc(CCN3CCN(C[C@H]4CC[C@H](NC(=O)[C@@H]5NC6(CCC(C)(C)CC6)[C@@]6(C(=O)Nc7cc(Cl)ccc76)[C@H]5c5ccnc(Cl)c5F)CC4)CC3)cc21. The molecule has 6 aliphatic rings. The summed E-state index contributed by atoms with van der Waals surface area (Å²) in [6.45, 7) is 10.3. The maximum absolute atomic E-state index is 16.4. The second-order valence-corrected chi connectivity index (χ2v) is 21.7. The number of nitrogens with one attached hydrogen (secondary N) is 4. The first-order valence-electron chi connectivity index (χ1n) is 24.1. The highest BCUT2D eigenvalue weighted by atomic mass is 35.5. The van der Waals surface area contributed by atoms with Gasteiger partial charge in [-0.05, 0) is 123 Å². The van der Waals surface area contributed by atoms with Crippen molar-refractivity contribution in [2.75, 3.05) is 44.6 Å². The van der Waals surface area contributed by atoms with Gasteiger partial charge in [0.05, 0.1) is 17.1 Å². The van der Waals surface area contributed by atoms with Crippen molar-refractivity contribution >= 4 is 63.6 Å². The van der Waals surface area contributed by atoms with Crippen LogP contribution in [0.5, 0.6) is 0 Å². The number of carbonyl (C=O) groups excluding carboxylic acids is 4. The Labute approximate surface area is 399 Å². The van der Waals surface area contributed by atoms with E-state index in [4.69, 9.17) is 23.2 Å². The zero-order valence-electron chi connectivity index (χ0n) is 38.4. The largest absolute Gasteiger partial charge is 0.352 e. The number of hydrogen-bond acceptors (Lipinski definition) is 9. The van der Waals surface area contributed by atoms with Crippen molar-refractivity contribution in [1.82, 2.24) is 39.9 Å². The van der Waals surface area contributed by atoms with Crippen molar-refractivity contribution < 1.29 is 23.6 Å². The lowest BCUT2D eigenvalue weighted by atomic mass is 9.53. The van der Waals surface area contributed by atoms with E-state index in [2.05, 4.69) is 49.9 Å². The minimum absolute atomic E-state index is 0.0400. The smallest absolute Gasteiger partial charge is 0.329 e. The normalized spacial score (nSPS) is 28.5. The number of aryl methyl sites for hydroxylation is 1. The van der Waals surface area contributed by atoms with E-state index in [1.807, 2.05) is 24.3 Å². The molecule has 10 rings (SSSR count). The summed E-state index contributed by atoms with van der Waals surface area (Å²) in [5.74, 6) is -2.36. The topological polar surface area (TPSA) is 163 Å². The molecule has 2 aliphatic carbocycles. The van der Waals surface area contributed by atoms with Crippen LogP contribution in [0.4, 0.5) is 10.1 Å². The molecule has 14 nitrogen and oxygen atoms in total. The maximum Gasteiger partial charge on any atom is 0.329 e. The lowest BCUT2D eigenvalue weighted by molar-refractivity contribution is -0.136. The minimum atomic E-state index is -1.32. The van der Waals surface area contributed by atoms with Crippen molar-refractivity contribution in [3.63, 3.8) is 0 Å². The number of piperazine rings is 1. The molecule has 0 radical (unpaired) electrons. The van der Waals surface area contributed by atoms with Crippen LogP contribution in [-0.2, 0) is 38.1 Å². The minimum Gasteiger partial charge on any atom is -0.352 e. The van der Waals surface area contributed by atoms with Gasteiger partial charge < -0.3 is 20.4 Å². The number of anilines is 1. The average Bonchev–Trinajstić information content (AvgIpc) is 3.86. The van der Waals surface area contributed by atoms with Gasteiger partial charge in [-0.3, -0.25) is 38.9 Å². The van der Waals surface area contributed by atoms with Crippen molar-refractivity contribution in [3.8, 4) is 0 Å². The van der Waals surface area contributed by atoms with Crippen LogP contribution in [0.3, 0.4) is 0 Å². The molecule has 2 spiro atoms. The number of benzene rings is 2. The number of aromatic nitrogens is 3.